The molecule has 0 atom stereocenters. The van der Waals surface area contributed by atoms with Gasteiger partial charge in [-0.15, -0.1) is 0 Å². The third-order valence-electron chi connectivity index (χ3n) is 4.84. The zero-order valence-corrected chi connectivity index (χ0v) is 15.0. The van der Waals surface area contributed by atoms with Gasteiger partial charge >= 0.3 is 0 Å². The number of aryl methyl sites for hydroxylation is 3. The van der Waals surface area contributed by atoms with Crippen LogP contribution in [-0.2, 0) is 29.5 Å². The van der Waals surface area contributed by atoms with E-state index < -0.39 is 0 Å². The second-order valence-corrected chi connectivity index (χ2v) is 7.83. The predicted molar refractivity (Wildman–Crippen MR) is 101 cm³/mol. The van der Waals surface area contributed by atoms with E-state index in [9.17, 15) is 4.79 Å². The van der Waals surface area contributed by atoms with Crippen LogP contribution in [0.3, 0.4) is 0 Å². The summed E-state index contributed by atoms with van der Waals surface area (Å²) in [7, 11) is 0. The molecule has 0 heterocycles. The number of benzene rings is 2. The number of carbonyl (C=O) groups is 1. The van der Waals surface area contributed by atoms with Crippen molar-refractivity contribution in [2.45, 2.75) is 58.3 Å². The molecule has 0 saturated heterocycles. The lowest BCUT2D eigenvalue weighted by atomic mass is 9.86. The number of nitrogens with one attached hydrogen (secondary N) is 1. The first-order valence-electron chi connectivity index (χ1n) is 8.93. The van der Waals surface area contributed by atoms with Crippen LogP contribution in [0.4, 0.5) is 5.69 Å². The Bertz CT molecular complexity index is 723. The molecule has 0 aromatic heterocycles. The quantitative estimate of drug-likeness (QED) is 0.839. The Morgan fingerprint density at radius 3 is 2.42 bits per heavy atom. The molecule has 2 heteroatoms. The number of carbonyl (C=O) groups excluding carboxylic acids is 1. The minimum absolute atomic E-state index is 0.0906. The predicted octanol–water partition coefficient (Wildman–Crippen LogP) is 5.04. The number of hydrogen-bond acceptors (Lipinski definition) is 1. The number of rotatable bonds is 4. The Labute approximate surface area is 145 Å². The minimum atomic E-state index is 0.0906. The number of amides is 1. The smallest absolute Gasteiger partial charge is 0.224 e. The Hall–Kier alpha value is -2.09. The van der Waals surface area contributed by atoms with Gasteiger partial charge in [0.2, 0.25) is 5.91 Å². The summed E-state index contributed by atoms with van der Waals surface area (Å²) in [6.45, 7) is 6.64. The Balaban J connectivity index is 1.54. The van der Waals surface area contributed by atoms with Gasteiger partial charge in [-0.25, -0.2) is 0 Å². The second-order valence-electron chi connectivity index (χ2n) is 7.83. The molecule has 0 aliphatic heterocycles. The molecule has 24 heavy (non-hydrogen) atoms. The van der Waals surface area contributed by atoms with Crippen molar-refractivity contribution in [3.63, 3.8) is 0 Å². The van der Waals surface area contributed by atoms with E-state index in [4.69, 9.17) is 0 Å². The zero-order chi connectivity index (χ0) is 17.2. The monoisotopic (exact) mass is 321 g/mol. The molecule has 1 aliphatic carbocycles. The van der Waals surface area contributed by atoms with Gasteiger partial charge in [-0.1, -0.05) is 51.1 Å². The summed E-state index contributed by atoms with van der Waals surface area (Å²) < 4.78 is 0. The second kappa shape index (κ2) is 6.80. The molecule has 1 amide bonds. The Morgan fingerprint density at radius 2 is 1.71 bits per heavy atom. The maximum absolute atomic E-state index is 12.2. The molecule has 1 N–H and O–H groups in total. The van der Waals surface area contributed by atoms with Gasteiger partial charge in [0, 0.05) is 12.1 Å². The first kappa shape index (κ1) is 16.8. The summed E-state index contributed by atoms with van der Waals surface area (Å²) in [6, 6.07) is 15.0. The molecule has 126 valence electrons. The first-order chi connectivity index (χ1) is 11.4. The van der Waals surface area contributed by atoms with Crippen molar-refractivity contribution in [3.8, 4) is 0 Å². The lowest BCUT2D eigenvalue weighted by molar-refractivity contribution is -0.116. The van der Waals surface area contributed by atoms with Gasteiger partial charge in [-0.05, 0) is 65.5 Å². The maximum atomic E-state index is 12.2. The fourth-order valence-corrected chi connectivity index (χ4v) is 3.30. The van der Waals surface area contributed by atoms with Crippen LogP contribution in [0.1, 0.15) is 55.9 Å². The van der Waals surface area contributed by atoms with Crippen molar-refractivity contribution in [2.75, 3.05) is 5.32 Å². The fraction of sp³-hybridized carbons (Fsp3) is 0.409. The van der Waals surface area contributed by atoms with Crippen molar-refractivity contribution >= 4 is 11.6 Å². The highest BCUT2D eigenvalue weighted by atomic mass is 16.1. The van der Waals surface area contributed by atoms with Crippen LogP contribution >= 0.6 is 0 Å². The lowest BCUT2D eigenvalue weighted by Gasteiger charge is -2.19. The highest BCUT2D eigenvalue weighted by molar-refractivity contribution is 5.91. The normalized spacial score (nSPS) is 13.6. The van der Waals surface area contributed by atoms with Crippen molar-refractivity contribution < 1.29 is 4.79 Å². The summed E-state index contributed by atoms with van der Waals surface area (Å²) in [5.74, 6) is 0.0906. The third kappa shape index (κ3) is 4.05. The van der Waals surface area contributed by atoms with Crippen LogP contribution in [0.2, 0.25) is 0 Å². The van der Waals surface area contributed by atoms with Crippen LogP contribution in [0.15, 0.2) is 42.5 Å². The molecular weight excluding hydrogens is 294 g/mol. The number of hydrogen-bond donors (Lipinski definition) is 1. The molecule has 2 aromatic carbocycles. The van der Waals surface area contributed by atoms with E-state index in [1.54, 1.807) is 0 Å². The molecule has 0 radical (unpaired) electrons. The molecule has 3 rings (SSSR count). The van der Waals surface area contributed by atoms with Gasteiger partial charge in [0.05, 0.1) is 0 Å². The summed E-state index contributed by atoms with van der Waals surface area (Å²) in [6.07, 6.45) is 4.84. The van der Waals surface area contributed by atoms with Crippen molar-refractivity contribution in [3.05, 3.63) is 64.7 Å². The highest BCUT2D eigenvalue weighted by Gasteiger charge is 2.14. The number of fused-ring (bicyclic) bond motifs is 1. The van der Waals surface area contributed by atoms with Crippen LogP contribution in [0.5, 0.6) is 0 Å². The van der Waals surface area contributed by atoms with E-state index in [2.05, 4.69) is 62.5 Å². The lowest BCUT2D eigenvalue weighted by Crippen LogP contribution is -2.13. The molecule has 0 unspecified atom stereocenters. The Kier molecular flexibility index (Phi) is 4.75. The highest BCUT2D eigenvalue weighted by Crippen LogP contribution is 2.25. The van der Waals surface area contributed by atoms with E-state index in [1.807, 2.05) is 6.07 Å². The SMILES string of the molecule is CC(C)(C)c1ccc(CCC(=O)Nc2ccc3c(c2)CCC3)cc1. The Morgan fingerprint density at radius 1 is 1.00 bits per heavy atom. The van der Waals surface area contributed by atoms with E-state index >= 15 is 0 Å². The molecule has 1 aliphatic rings. The van der Waals surface area contributed by atoms with Gasteiger partial charge in [-0.3, -0.25) is 4.79 Å². The average molecular weight is 321 g/mol. The van der Waals surface area contributed by atoms with Gasteiger partial charge in [-0.2, -0.15) is 0 Å². The fourth-order valence-electron chi connectivity index (χ4n) is 3.30. The zero-order valence-electron chi connectivity index (χ0n) is 15.0. The van der Waals surface area contributed by atoms with E-state index in [1.165, 1.54) is 35.1 Å². The molecule has 2 nitrogen and oxygen atoms in total. The number of anilines is 1. The summed E-state index contributed by atoms with van der Waals surface area (Å²) in [5, 5.41) is 3.04. The summed E-state index contributed by atoms with van der Waals surface area (Å²) >= 11 is 0. The van der Waals surface area contributed by atoms with Crippen molar-refractivity contribution in [1.82, 2.24) is 0 Å². The molecule has 0 spiro atoms. The average Bonchev–Trinajstić information content (AvgIpc) is 3.00. The van der Waals surface area contributed by atoms with Gasteiger partial charge < -0.3 is 5.32 Å². The van der Waals surface area contributed by atoms with Gasteiger partial charge in [0.1, 0.15) is 0 Å². The van der Waals surface area contributed by atoms with Crippen molar-refractivity contribution in [2.24, 2.45) is 0 Å². The van der Waals surface area contributed by atoms with Gasteiger partial charge in [0.15, 0.2) is 0 Å². The van der Waals surface area contributed by atoms with Crippen LogP contribution in [0.25, 0.3) is 0 Å². The van der Waals surface area contributed by atoms with E-state index in [0.717, 1.165) is 18.5 Å². The largest absolute Gasteiger partial charge is 0.326 e. The van der Waals surface area contributed by atoms with Crippen LogP contribution in [-0.4, -0.2) is 5.91 Å². The standard InChI is InChI=1S/C22H27NO/c1-22(2,3)19-11-7-16(8-12-19)9-14-21(24)23-20-13-10-17-5-4-6-18(17)15-20/h7-8,10-13,15H,4-6,9,14H2,1-3H3,(H,23,24). The molecule has 0 saturated carbocycles. The van der Waals surface area contributed by atoms with E-state index in [-0.39, 0.29) is 11.3 Å². The third-order valence-corrected chi connectivity index (χ3v) is 4.84. The van der Waals surface area contributed by atoms with E-state index in [0.29, 0.717) is 6.42 Å². The van der Waals surface area contributed by atoms with Gasteiger partial charge in [0.25, 0.3) is 0 Å². The summed E-state index contributed by atoms with van der Waals surface area (Å²) in [5.41, 5.74) is 6.48. The van der Waals surface area contributed by atoms with Crippen LogP contribution in [0, 0.1) is 0 Å². The molecule has 0 bridgehead atoms. The van der Waals surface area contributed by atoms with Crippen molar-refractivity contribution in [1.29, 1.82) is 0 Å². The maximum Gasteiger partial charge on any atom is 0.224 e. The minimum Gasteiger partial charge on any atom is -0.326 e. The van der Waals surface area contributed by atoms with Crippen LogP contribution < -0.4 is 5.32 Å². The molecule has 0 fully saturated rings. The molecule has 2 aromatic rings. The molecular formula is C22H27NO. The first-order valence-corrected chi connectivity index (χ1v) is 8.93. The topological polar surface area (TPSA) is 29.1 Å². The summed E-state index contributed by atoms with van der Waals surface area (Å²) in [4.78, 5) is 12.2.